The molecule has 0 aliphatic heterocycles. The Morgan fingerprint density at radius 1 is 0.838 bits per heavy atom. The monoisotopic (exact) mass is 518 g/mol. The molecule has 4 nitrogen and oxygen atoms in total. The lowest BCUT2D eigenvalue weighted by Gasteiger charge is -2.32. The molecule has 0 heterocycles. The van der Waals surface area contributed by atoms with Crippen molar-refractivity contribution in [2.45, 2.75) is 77.9 Å². The number of rotatable bonds is 10. The average molecular weight is 519 g/mol. The van der Waals surface area contributed by atoms with Crippen LogP contribution in [0.4, 0.5) is 0 Å². The van der Waals surface area contributed by atoms with E-state index in [1.165, 1.54) is 5.56 Å². The summed E-state index contributed by atoms with van der Waals surface area (Å²) in [6, 6.07) is 25.1. The highest BCUT2D eigenvalue weighted by molar-refractivity contribution is 6.30. The largest absolute Gasteiger partial charge is 0.352 e. The van der Waals surface area contributed by atoms with Gasteiger partial charge in [0.15, 0.2) is 0 Å². The molecule has 0 fully saturated rings. The Kier molecular flexibility index (Phi) is 9.93. The first-order valence-corrected chi connectivity index (χ1v) is 13.4. The van der Waals surface area contributed by atoms with E-state index in [2.05, 4.69) is 50.4 Å². The van der Waals surface area contributed by atoms with Gasteiger partial charge in [0, 0.05) is 30.5 Å². The summed E-state index contributed by atoms with van der Waals surface area (Å²) in [5.41, 5.74) is 4.40. The number of amides is 2. The second kappa shape index (κ2) is 12.9. The zero-order chi connectivity index (χ0) is 27.0. The van der Waals surface area contributed by atoms with Gasteiger partial charge in [-0.05, 0) is 60.1 Å². The van der Waals surface area contributed by atoms with Gasteiger partial charge in [0.25, 0.3) is 0 Å². The number of hydrogen-bond donors (Lipinski definition) is 1. The predicted molar refractivity (Wildman–Crippen MR) is 153 cm³/mol. The highest BCUT2D eigenvalue weighted by Crippen LogP contribution is 2.23. The first kappa shape index (κ1) is 28.5. The quantitative estimate of drug-likeness (QED) is 0.323. The molecule has 0 aliphatic rings. The topological polar surface area (TPSA) is 49.4 Å². The molecule has 196 valence electrons. The Labute approximate surface area is 227 Å². The van der Waals surface area contributed by atoms with Crippen LogP contribution >= 0.6 is 11.6 Å². The van der Waals surface area contributed by atoms with Crippen molar-refractivity contribution in [3.05, 3.63) is 106 Å². The van der Waals surface area contributed by atoms with E-state index in [0.29, 0.717) is 30.8 Å². The number of hydrogen-bond acceptors (Lipinski definition) is 2. The number of nitrogens with one attached hydrogen (secondary N) is 1. The van der Waals surface area contributed by atoms with Gasteiger partial charge in [-0.25, -0.2) is 0 Å². The maximum Gasteiger partial charge on any atom is 0.243 e. The van der Waals surface area contributed by atoms with Crippen LogP contribution in [0.3, 0.4) is 0 Å². The average Bonchev–Trinajstić information content (AvgIpc) is 2.85. The van der Waals surface area contributed by atoms with Gasteiger partial charge in [-0.15, -0.1) is 0 Å². The number of carbonyl (C=O) groups excluding carboxylic acids is 2. The predicted octanol–water partition coefficient (Wildman–Crippen LogP) is 6.73. The van der Waals surface area contributed by atoms with Crippen molar-refractivity contribution in [1.82, 2.24) is 10.2 Å². The van der Waals surface area contributed by atoms with Crippen LogP contribution in [0.25, 0.3) is 0 Å². The van der Waals surface area contributed by atoms with Crippen molar-refractivity contribution in [3.8, 4) is 0 Å². The van der Waals surface area contributed by atoms with E-state index in [9.17, 15) is 9.59 Å². The van der Waals surface area contributed by atoms with Crippen LogP contribution in [0.2, 0.25) is 5.02 Å². The van der Waals surface area contributed by atoms with Crippen LogP contribution in [0, 0.1) is 0 Å². The zero-order valence-corrected chi connectivity index (χ0v) is 23.4. The summed E-state index contributed by atoms with van der Waals surface area (Å²) in [6.45, 7) is 10.8. The van der Waals surface area contributed by atoms with Crippen molar-refractivity contribution in [3.63, 3.8) is 0 Å². The fraction of sp³-hybridized carbons (Fsp3) is 0.375. The number of carbonyl (C=O) groups is 2. The first-order chi connectivity index (χ1) is 17.5. The molecular weight excluding hydrogens is 480 g/mol. The van der Waals surface area contributed by atoms with Crippen molar-refractivity contribution in [2.75, 3.05) is 0 Å². The van der Waals surface area contributed by atoms with E-state index in [4.69, 9.17) is 11.6 Å². The third kappa shape index (κ3) is 8.75. The Hall–Kier alpha value is -3.11. The molecule has 0 bridgehead atoms. The van der Waals surface area contributed by atoms with E-state index in [0.717, 1.165) is 16.7 Å². The summed E-state index contributed by atoms with van der Waals surface area (Å²) in [7, 11) is 0. The fourth-order valence-electron chi connectivity index (χ4n) is 4.29. The second-order valence-electron chi connectivity index (χ2n) is 11.0. The summed E-state index contributed by atoms with van der Waals surface area (Å²) in [5, 5.41) is 3.67. The summed E-state index contributed by atoms with van der Waals surface area (Å²) in [4.78, 5) is 28.9. The van der Waals surface area contributed by atoms with E-state index in [-0.39, 0.29) is 23.3 Å². The Morgan fingerprint density at radius 3 is 2.00 bits per heavy atom. The van der Waals surface area contributed by atoms with Crippen molar-refractivity contribution in [1.29, 1.82) is 0 Å². The van der Waals surface area contributed by atoms with Gasteiger partial charge in [-0.2, -0.15) is 0 Å². The molecule has 1 atom stereocenters. The third-order valence-corrected chi connectivity index (χ3v) is 6.67. The van der Waals surface area contributed by atoms with Crippen LogP contribution in [0.5, 0.6) is 0 Å². The minimum absolute atomic E-state index is 0.0282. The van der Waals surface area contributed by atoms with Crippen molar-refractivity contribution < 1.29 is 9.59 Å². The van der Waals surface area contributed by atoms with Crippen molar-refractivity contribution in [2.24, 2.45) is 0 Å². The summed E-state index contributed by atoms with van der Waals surface area (Å²) >= 11 is 6.10. The van der Waals surface area contributed by atoms with Gasteiger partial charge >= 0.3 is 0 Å². The molecule has 0 radical (unpaired) electrons. The van der Waals surface area contributed by atoms with Gasteiger partial charge in [0.1, 0.15) is 6.04 Å². The molecule has 0 saturated carbocycles. The van der Waals surface area contributed by atoms with E-state index in [1.54, 1.807) is 4.90 Å². The molecule has 3 aromatic carbocycles. The van der Waals surface area contributed by atoms with Gasteiger partial charge < -0.3 is 10.2 Å². The smallest absolute Gasteiger partial charge is 0.243 e. The first-order valence-electron chi connectivity index (χ1n) is 13.0. The Morgan fingerprint density at radius 2 is 1.43 bits per heavy atom. The summed E-state index contributed by atoms with van der Waals surface area (Å²) in [6.07, 6.45) is 1.38. The normalized spacial score (nSPS) is 12.3. The molecule has 3 rings (SSSR count). The highest BCUT2D eigenvalue weighted by Gasteiger charge is 2.30. The third-order valence-electron chi connectivity index (χ3n) is 6.42. The van der Waals surface area contributed by atoms with Crippen LogP contribution < -0.4 is 5.32 Å². The Balaban J connectivity index is 1.87. The molecule has 0 unspecified atom stereocenters. The molecule has 0 aromatic heterocycles. The molecule has 2 amide bonds. The molecule has 0 aliphatic carbocycles. The van der Waals surface area contributed by atoms with Crippen molar-refractivity contribution >= 4 is 23.4 Å². The molecule has 5 heteroatoms. The number of halogens is 1. The van der Waals surface area contributed by atoms with Gasteiger partial charge in [-0.3, -0.25) is 9.59 Å². The maximum absolute atomic E-state index is 13.8. The molecule has 0 spiro atoms. The lowest BCUT2D eigenvalue weighted by Crippen LogP contribution is -2.51. The van der Waals surface area contributed by atoms with E-state index >= 15 is 0 Å². The SMILES string of the molecule is CC(C)NC(=O)[C@H](Cc1ccccc1)N(Cc1ccc(Cl)cc1)C(=O)CCc1ccc(C(C)(C)C)cc1. The Bertz CT molecular complexity index is 1150. The summed E-state index contributed by atoms with van der Waals surface area (Å²) in [5.74, 6) is -0.189. The molecule has 1 N–H and O–H groups in total. The number of benzene rings is 3. The minimum Gasteiger partial charge on any atom is -0.352 e. The van der Waals surface area contributed by atoms with Crippen LogP contribution in [-0.2, 0) is 34.4 Å². The lowest BCUT2D eigenvalue weighted by molar-refractivity contribution is -0.141. The maximum atomic E-state index is 13.8. The molecule has 37 heavy (non-hydrogen) atoms. The minimum atomic E-state index is -0.628. The van der Waals surface area contributed by atoms with Crippen LogP contribution in [0.15, 0.2) is 78.9 Å². The summed E-state index contributed by atoms with van der Waals surface area (Å²) < 4.78 is 0. The molecule has 3 aromatic rings. The molecule has 0 saturated heterocycles. The molecular formula is C32H39ClN2O2. The highest BCUT2D eigenvalue weighted by atomic mass is 35.5. The van der Waals surface area contributed by atoms with Gasteiger partial charge in [0.05, 0.1) is 0 Å². The lowest BCUT2D eigenvalue weighted by atomic mass is 9.86. The fourth-order valence-corrected chi connectivity index (χ4v) is 4.41. The second-order valence-corrected chi connectivity index (χ2v) is 11.4. The number of nitrogens with zero attached hydrogens (tertiary/aromatic N) is 1. The van der Waals surface area contributed by atoms with Crippen LogP contribution in [0.1, 0.15) is 63.3 Å². The zero-order valence-electron chi connectivity index (χ0n) is 22.6. The van der Waals surface area contributed by atoms with Gasteiger partial charge in [0.2, 0.25) is 11.8 Å². The standard InChI is InChI=1S/C32H39ClN2O2/c1-23(2)34-31(37)29(21-25-9-7-6-8-10-25)35(22-26-13-18-28(33)19-14-26)30(36)20-15-24-11-16-27(17-12-24)32(3,4)5/h6-14,16-19,23,29H,15,20-22H2,1-5H3,(H,34,37)/t29-/m0/s1. The van der Waals surface area contributed by atoms with Crippen LogP contribution in [-0.4, -0.2) is 28.8 Å². The number of aryl methyl sites for hydroxylation is 1. The van der Waals surface area contributed by atoms with E-state index in [1.807, 2.05) is 68.4 Å². The van der Waals surface area contributed by atoms with E-state index < -0.39 is 6.04 Å². The van der Waals surface area contributed by atoms with Gasteiger partial charge in [-0.1, -0.05) is 99.1 Å².